The number of hydrogen-bond acceptors (Lipinski definition) is 5. The van der Waals surface area contributed by atoms with E-state index in [-0.39, 0.29) is 6.61 Å². The second kappa shape index (κ2) is 7.59. The van der Waals surface area contributed by atoms with Gasteiger partial charge >= 0.3 is 0 Å². The second-order valence-electron chi connectivity index (χ2n) is 6.15. The minimum absolute atomic E-state index is 0.280. The molecule has 0 aliphatic carbocycles. The zero-order chi connectivity index (χ0) is 15.2. The molecule has 2 heterocycles. The third-order valence-corrected chi connectivity index (χ3v) is 4.11. The van der Waals surface area contributed by atoms with Gasteiger partial charge in [0.15, 0.2) is 0 Å². The molecule has 1 atom stereocenters. The molecule has 5 heteroatoms. The fraction of sp³-hybridized carbons (Fsp3) is 0.750. The van der Waals surface area contributed by atoms with Gasteiger partial charge in [-0.3, -0.25) is 0 Å². The average Bonchev–Trinajstić information content (AvgIpc) is 2.93. The summed E-state index contributed by atoms with van der Waals surface area (Å²) in [5.74, 6) is 3.01. The van der Waals surface area contributed by atoms with E-state index in [1.54, 1.807) is 6.33 Å². The van der Waals surface area contributed by atoms with E-state index in [4.69, 9.17) is 5.11 Å². The number of aliphatic hydroxyl groups excluding tert-OH is 1. The van der Waals surface area contributed by atoms with Crippen molar-refractivity contribution in [1.82, 2.24) is 9.97 Å². The molecule has 1 fully saturated rings. The highest BCUT2D eigenvalue weighted by atomic mass is 16.3. The van der Waals surface area contributed by atoms with Crippen molar-refractivity contribution in [3.05, 3.63) is 11.9 Å². The lowest BCUT2D eigenvalue weighted by atomic mass is 10.0. The lowest BCUT2D eigenvalue weighted by Crippen LogP contribution is -2.24. The molecule has 0 spiro atoms. The van der Waals surface area contributed by atoms with E-state index in [1.807, 2.05) is 0 Å². The van der Waals surface area contributed by atoms with Crippen LogP contribution in [0.5, 0.6) is 0 Å². The van der Waals surface area contributed by atoms with Gasteiger partial charge in [-0.25, -0.2) is 9.97 Å². The Morgan fingerprint density at radius 3 is 2.90 bits per heavy atom. The van der Waals surface area contributed by atoms with Crippen LogP contribution in [-0.4, -0.2) is 41.3 Å². The van der Waals surface area contributed by atoms with E-state index < -0.39 is 0 Å². The van der Waals surface area contributed by atoms with Gasteiger partial charge in [-0.1, -0.05) is 20.8 Å². The smallest absolute Gasteiger partial charge is 0.137 e. The highest BCUT2D eigenvalue weighted by Crippen LogP contribution is 2.34. The van der Waals surface area contributed by atoms with Crippen molar-refractivity contribution in [2.75, 3.05) is 36.5 Å². The standard InChI is InChI=1S/C16H28N4O/c1-4-7-17-15-14(12(2)3)16(19-11-18-15)20-8-5-13(10-20)6-9-21/h11-13,21H,4-10H2,1-3H3,(H,17,18,19). The molecule has 0 bridgehead atoms. The molecule has 1 unspecified atom stereocenters. The summed E-state index contributed by atoms with van der Waals surface area (Å²) in [5, 5.41) is 12.5. The Morgan fingerprint density at radius 1 is 1.43 bits per heavy atom. The molecular weight excluding hydrogens is 264 g/mol. The Bertz CT molecular complexity index is 450. The Morgan fingerprint density at radius 2 is 2.24 bits per heavy atom. The van der Waals surface area contributed by atoms with Gasteiger partial charge in [0, 0.05) is 31.8 Å². The number of anilines is 2. The van der Waals surface area contributed by atoms with Crippen molar-refractivity contribution in [2.24, 2.45) is 5.92 Å². The summed E-state index contributed by atoms with van der Waals surface area (Å²) in [6.45, 7) is 9.77. The number of nitrogens with one attached hydrogen (secondary N) is 1. The molecule has 0 aromatic carbocycles. The fourth-order valence-corrected chi connectivity index (χ4v) is 3.00. The highest BCUT2D eigenvalue weighted by Gasteiger charge is 2.27. The lowest BCUT2D eigenvalue weighted by molar-refractivity contribution is 0.263. The van der Waals surface area contributed by atoms with Gasteiger partial charge in [0.25, 0.3) is 0 Å². The summed E-state index contributed by atoms with van der Waals surface area (Å²) in [4.78, 5) is 11.3. The monoisotopic (exact) mass is 292 g/mol. The molecule has 1 aliphatic rings. The van der Waals surface area contributed by atoms with Gasteiger partial charge < -0.3 is 15.3 Å². The van der Waals surface area contributed by atoms with Crippen molar-refractivity contribution < 1.29 is 5.11 Å². The first-order valence-corrected chi connectivity index (χ1v) is 8.11. The molecule has 2 rings (SSSR count). The second-order valence-corrected chi connectivity index (χ2v) is 6.15. The zero-order valence-corrected chi connectivity index (χ0v) is 13.5. The summed E-state index contributed by atoms with van der Waals surface area (Å²) < 4.78 is 0. The first kappa shape index (κ1) is 16.0. The number of aliphatic hydroxyl groups is 1. The molecule has 2 N–H and O–H groups in total. The minimum Gasteiger partial charge on any atom is -0.396 e. The SMILES string of the molecule is CCCNc1ncnc(N2CCC(CCO)C2)c1C(C)C. The van der Waals surface area contributed by atoms with Gasteiger partial charge in [-0.2, -0.15) is 0 Å². The van der Waals surface area contributed by atoms with Gasteiger partial charge in [0.2, 0.25) is 0 Å². The van der Waals surface area contributed by atoms with Gasteiger partial charge in [0.05, 0.1) is 0 Å². The van der Waals surface area contributed by atoms with Gasteiger partial charge in [0.1, 0.15) is 18.0 Å². The van der Waals surface area contributed by atoms with Crippen LogP contribution in [0.1, 0.15) is 51.5 Å². The van der Waals surface area contributed by atoms with E-state index in [9.17, 15) is 0 Å². The van der Waals surface area contributed by atoms with Gasteiger partial charge in [-0.15, -0.1) is 0 Å². The van der Waals surface area contributed by atoms with E-state index >= 15 is 0 Å². The van der Waals surface area contributed by atoms with E-state index in [1.165, 1.54) is 5.56 Å². The van der Waals surface area contributed by atoms with Crippen LogP contribution in [0.4, 0.5) is 11.6 Å². The van der Waals surface area contributed by atoms with Crippen LogP contribution in [0.3, 0.4) is 0 Å². The molecule has 0 saturated carbocycles. The first-order valence-electron chi connectivity index (χ1n) is 8.11. The van der Waals surface area contributed by atoms with Crippen LogP contribution in [0.25, 0.3) is 0 Å². The third kappa shape index (κ3) is 3.84. The van der Waals surface area contributed by atoms with Crippen molar-refractivity contribution >= 4 is 11.6 Å². The molecule has 21 heavy (non-hydrogen) atoms. The Balaban J connectivity index is 2.22. The maximum absolute atomic E-state index is 9.11. The summed E-state index contributed by atoms with van der Waals surface area (Å²) in [6.07, 6.45) is 4.77. The quantitative estimate of drug-likeness (QED) is 0.809. The van der Waals surface area contributed by atoms with Crippen molar-refractivity contribution in [1.29, 1.82) is 0 Å². The predicted molar refractivity (Wildman–Crippen MR) is 86.9 cm³/mol. The number of rotatable bonds is 7. The molecule has 1 saturated heterocycles. The van der Waals surface area contributed by atoms with Crippen LogP contribution in [-0.2, 0) is 0 Å². The van der Waals surface area contributed by atoms with Crippen molar-refractivity contribution in [2.45, 2.75) is 46.0 Å². The number of hydrogen-bond donors (Lipinski definition) is 2. The number of aromatic nitrogens is 2. The van der Waals surface area contributed by atoms with Crippen molar-refractivity contribution in [3.8, 4) is 0 Å². The fourth-order valence-electron chi connectivity index (χ4n) is 3.00. The molecule has 0 amide bonds. The zero-order valence-electron chi connectivity index (χ0n) is 13.5. The lowest BCUT2D eigenvalue weighted by Gasteiger charge is -2.24. The normalized spacial score (nSPS) is 18.5. The minimum atomic E-state index is 0.280. The first-order chi connectivity index (χ1) is 10.2. The van der Waals surface area contributed by atoms with Crippen LogP contribution >= 0.6 is 0 Å². The molecular formula is C16H28N4O. The largest absolute Gasteiger partial charge is 0.396 e. The van der Waals surface area contributed by atoms with Crippen LogP contribution < -0.4 is 10.2 Å². The Labute approximate surface area is 127 Å². The molecule has 1 aromatic heterocycles. The van der Waals surface area contributed by atoms with Crippen LogP contribution in [0, 0.1) is 5.92 Å². The highest BCUT2D eigenvalue weighted by molar-refractivity contribution is 5.60. The predicted octanol–water partition coefficient (Wildman–Crippen LogP) is 2.63. The maximum atomic E-state index is 9.11. The van der Waals surface area contributed by atoms with Crippen molar-refractivity contribution in [3.63, 3.8) is 0 Å². The summed E-state index contributed by atoms with van der Waals surface area (Å²) in [7, 11) is 0. The Hall–Kier alpha value is -1.36. The van der Waals surface area contributed by atoms with Gasteiger partial charge in [-0.05, 0) is 31.1 Å². The Kier molecular flexibility index (Phi) is 5.79. The average molecular weight is 292 g/mol. The van der Waals surface area contributed by atoms with E-state index in [0.29, 0.717) is 11.8 Å². The summed E-state index contributed by atoms with van der Waals surface area (Å²) in [6, 6.07) is 0. The van der Waals surface area contributed by atoms with E-state index in [2.05, 4.69) is 41.0 Å². The van der Waals surface area contributed by atoms with Crippen LogP contribution in [0.2, 0.25) is 0 Å². The number of nitrogens with zero attached hydrogens (tertiary/aromatic N) is 3. The molecule has 118 valence electrons. The molecule has 0 radical (unpaired) electrons. The maximum Gasteiger partial charge on any atom is 0.137 e. The third-order valence-electron chi connectivity index (χ3n) is 4.11. The summed E-state index contributed by atoms with van der Waals surface area (Å²) >= 11 is 0. The summed E-state index contributed by atoms with van der Waals surface area (Å²) in [5.41, 5.74) is 1.22. The molecule has 1 aliphatic heterocycles. The topological polar surface area (TPSA) is 61.3 Å². The molecule has 5 nitrogen and oxygen atoms in total. The molecule has 1 aromatic rings. The van der Waals surface area contributed by atoms with Crippen LogP contribution in [0.15, 0.2) is 6.33 Å². The van der Waals surface area contributed by atoms with E-state index in [0.717, 1.165) is 50.5 Å².